The first kappa shape index (κ1) is 14.5. The van der Waals surface area contributed by atoms with Crippen molar-refractivity contribution in [2.24, 2.45) is 0 Å². The van der Waals surface area contributed by atoms with Crippen LogP contribution in [0.25, 0.3) is 0 Å². The van der Waals surface area contributed by atoms with Crippen molar-refractivity contribution >= 4 is 11.8 Å². The van der Waals surface area contributed by atoms with Gasteiger partial charge in [-0.15, -0.1) is 0 Å². The second-order valence-corrected chi connectivity index (χ2v) is 4.37. The molecule has 0 fully saturated rings. The molecule has 0 saturated carbocycles. The number of nitriles is 1. The summed E-state index contributed by atoms with van der Waals surface area (Å²) in [5.74, 6) is -0.671. The lowest BCUT2D eigenvalue weighted by Crippen LogP contribution is -2.26. The molecule has 2 aromatic rings. The molecule has 2 heterocycles. The summed E-state index contributed by atoms with van der Waals surface area (Å²) in [5, 5.41) is 18.0. The lowest BCUT2D eigenvalue weighted by atomic mass is 10.2. The van der Waals surface area contributed by atoms with Crippen LogP contribution in [0, 0.1) is 11.3 Å². The average molecular weight is 282 g/mol. The summed E-state index contributed by atoms with van der Waals surface area (Å²) in [6, 6.07) is 8.87. The highest BCUT2D eigenvalue weighted by Crippen LogP contribution is 2.19. The molecule has 0 atom stereocenters. The monoisotopic (exact) mass is 282 g/mol. The fraction of sp³-hybridized carbons (Fsp3) is 0.200. The van der Waals surface area contributed by atoms with E-state index in [1.54, 1.807) is 29.6 Å². The van der Waals surface area contributed by atoms with Crippen molar-refractivity contribution in [3.05, 3.63) is 54.0 Å². The first-order valence-corrected chi connectivity index (χ1v) is 6.41. The predicted octanol–water partition coefficient (Wildman–Crippen LogP) is 2.10. The fourth-order valence-electron chi connectivity index (χ4n) is 1.97. The van der Waals surface area contributed by atoms with Crippen LogP contribution in [0.5, 0.6) is 0 Å². The molecule has 0 unspecified atom stereocenters. The molecule has 6 nitrogen and oxygen atoms in total. The van der Waals surface area contributed by atoms with E-state index >= 15 is 0 Å². The summed E-state index contributed by atoms with van der Waals surface area (Å²) < 4.78 is 0. The highest BCUT2D eigenvalue weighted by atomic mass is 16.4. The van der Waals surface area contributed by atoms with E-state index in [1.165, 1.54) is 6.07 Å². The van der Waals surface area contributed by atoms with Gasteiger partial charge in [-0.3, -0.25) is 4.98 Å². The topological polar surface area (TPSA) is 90.1 Å². The van der Waals surface area contributed by atoms with Crippen LogP contribution >= 0.6 is 0 Å². The number of hydrogen-bond donors (Lipinski definition) is 1. The van der Waals surface area contributed by atoms with Crippen LogP contribution in [0.2, 0.25) is 0 Å². The number of aromatic carboxylic acids is 1. The number of pyridine rings is 2. The molecule has 21 heavy (non-hydrogen) atoms. The molecule has 0 amide bonds. The maximum absolute atomic E-state index is 11.3. The molecule has 0 aromatic carbocycles. The Morgan fingerprint density at radius 2 is 2.14 bits per heavy atom. The Kier molecular flexibility index (Phi) is 4.83. The van der Waals surface area contributed by atoms with E-state index in [4.69, 9.17) is 5.26 Å². The van der Waals surface area contributed by atoms with Crippen molar-refractivity contribution in [2.75, 3.05) is 11.4 Å². The maximum Gasteiger partial charge on any atom is 0.339 e. The minimum atomic E-state index is -1.04. The Hall–Kier alpha value is -2.94. The van der Waals surface area contributed by atoms with Crippen LogP contribution in [0.1, 0.15) is 22.3 Å². The zero-order valence-electron chi connectivity index (χ0n) is 11.3. The molecule has 106 valence electrons. The molecule has 0 aliphatic carbocycles. The molecule has 0 aliphatic rings. The largest absolute Gasteiger partial charge is 0.478 e. The van der Waals surface area contributed by atoms with Gasteiger partial charge < -0.3 is 10.0 Å². The van der Waals surface area contributed by atoms with Crippen molar-refractivity contribution in [3.8, 4) is 6.07 Å². The standard InChI is InChI=1S/C15H14N4O2/c16-6-3-9-19(11-12-4-1-7-17-10-12)14-13(15(20)21)5-2-8-18-14/h1-2,4-5,7-8,10H,3,9,11H2,(H,20,21). The first-order valence-electron chi connectivity index (χ1n) is 6.41. The van der Waals surface area contributed by atoms with E-state index < -0.39 is 5.97 Å². The highest BCUT2D eigenvalue weighted by molar-refractivity contribution is 5.93. The maximum atomic E-state index is 11.3. The van der Waals surface area contributed by atoms with Gasteiger partial charge in [-0.1, -0.05) is 6.07 Å². The minimum Gasteiger partial charge on any atom is -0.478 e. The van der Waals surface area contributed by atoms with E-state index in [1.807, 2.05) is 12.1 Å². The molecule has 6 heteroatoms. The second-order valence-electron chi connectivity index (χ2n) is 4.37. The molecule has 2 rings (SSSR count). The first-order chi connectivity index (χ1) is 10.2. The predicted molar refractivity (Wildman–Crippen MR) is 76.7 cm³/mol. The van der Waals surface area contributed by atoms with Gasteiger partial charge in [0.1, 0.15) is 11.4 Å². The van der Waals surface area contributed by atoms with Crippen molar-refractivity contribution in [1.29, 1.82) is 5.26 Å². The van der Waals surface area contributed by atoms with Crippen molar-refractivity contribution < 1.29 is 9.90 Å². The molecule has 0 spiro atoms. The van der Waals surface area contributed by atoms with Crippen LogP contribution in [-0.4, -0.2) is 27.6 Å². The summed E-state index contributed by atoms with van der Waals surface area (Å²) in [5.41, 5.74) is 1.05. The third-order valence-electron chi connectivity index (χ3n) is 2.91. The second kappa shape index (κ2) is 7.01. The van der Waals surface area contributed by atoms with Crippen LogP contribution in [-0.2, 0) is 6.54 Å². The number of aromatic nitrogens is 2. The molecule has 0 aliphatic heterocycles. The van der Waals surface area contributed by atoms with Gasteiger partial charge in [0.2, 0.25) is 0 Å². The van der Waals surface area contributed by atoms with E-state index in [9.17, 15) is 9.90 Å². The zero-order valence-corrected chi connectivity index (χ0v) is 11.3. The number of nitrogens with zero attached hydrogens (tertiary/aromatic N) is 4. The van der Waals surface area contributed by atoms with Gasteiger partial charge in [-0.05, 0) is 23.8 Å². The number of carbonyl (C=O) groups is 1. The number of hydrogen-bond acceptors (Lipinski definition) is 5. The SMILES string of the molecule is N#CCCN(Cc1cccnc1)c1ncccc1C(=O)O. The average Bonchev–Trinajstić information content (AvgIpc) is 2.52. The number of carboxylic acid groups (broad SMARTS) is 1. The Morgan fingerprint density at radius 3 is 2.81 bits per heavy atom. The van der Waals surface area contributed by atoms with Crippen LogP contribution in [0.3, 0.4) is 0 Å². The Bertz CT molecular complexity index is 652. The summed E-state index contributed by atoms with van der Waals surface area (Å²) in [4.78, 5) is 21.3. The summed E-state index contributed by atoms with van der Waals surface area (Å²) in [6.45, 7) is 0.857. The van der Waals surface area contributed by atoms with Gasteiger partial charge in [0.25, 0.3) is 0 Å². The van der Waals surface area contributed by atoms with E-state index in [0.717, 1.165) is 5.56 Å². The summed E-state index contributed by atoms with van der Waals surface area (Å²) in [7, 11) is 0. The Morgan fingerprint density at radius 1 is 1.33 bits per heavy atom. The van der Waals surface area contributed by atoms with Gasteiger partial charge in [0.15, 0.2) is 0 Å². The van der Waals surface area contributed by atoms with Crippen LogP contribution in [0.4, 0.5) is 5.82 Å². The lowest BCUT2D eigenvalue weighted by Gasteiger charge is -2.24. The van der Waals surface area contributed by atoms with E-state index in [2.05, 4.69) is 16.0 Å². The van der Waals surface area contributed by atoms with Gasteiger partial charge >= 0.3 is 5.97 Å². The van der Waals surface area contributed by atoms with Crippen molar-refractivity contribution in [3.63, 3.8) is 0 Å². The van der Waals surface area contributed by atoms with E-state index in [0.29, 0.717) is 18.9 Å². The summed E-state index contributed by atoms with van der Waals surface area (Å²) in [6.07, 6.45) is 5.22. The highest BCUT2D eigenvalue weighted by Gasteiger charge is 2.17. The van der Waals surface area contributed by atoms with Gasteiger partial charge in [0.05, 0.1) is 12.5 Å². The van der Waals surface area contributed by atoms with Crippen molar-refractivity contribution in [2.45, 2.75) is 13.0 Å². The quantitative estimate of drug-likeness (QED) is 0.872. The molecule has 2 aromatic heterocycles. The van der Waals surface area contributed by atoms with Crippen molar-refractivity contribution in [1.82, 2.24) is 9.97 Å². The molecular formula is C15H14N4O2. The zero-order chi connectivity index (χ0) is 15.1. The Balaban J connectivity index is 2.32. The third kappa shape index (κ3) is 3.76. The van der Waals surface area contributed by atoms with Crippen LogP contribution < -0.4 is 4.90 Å². The molecule has 0 radical (unpaired) electrons. The molecule has 0 saturated heterocycles. The smallest absolute Gasteiger partial charge is 0.339 e. The van der Waals surface area contributed by atoms with Gasteiger partial charge in [-0.2, -0.15) is 5.26 Å². The lowest BCUT2D eigenvalue weighted by molar-refractivity contribution is 0.0697. The number of rotatable bonds is 6. The molecule has 1 N–H and O–H groups in total. The van der Waals surface area contributed by atoms with Crippen LogP contribution in [0.15, 0.2) is 42.9 Å². The number of carboxylic acids is 1. The van der Waals surface area contributed by atoms with Gasteiger partial charge in [0, 0.05) is 31.7 Å². The molecular weight excluding hydrogens is 268 g/mol. The molecule has 0 bridgehead atoms. The third-order valence-corrected chi connectivity index (χ3v) is 2.91. The summed E-state index contributed by atoms with van der Waals surface area (Å²) >= 11 is 0. The number of anilines is 1. The van der Waals surface area contributed by atoms with Gasteiger partial charge in [-0.25, -0.2) is 9.78 Å². The van der Waals surface area contributed by atoms with E-state index in [-0.39, 0.29) is 12.0 Å². The Labute approximate surface area is 122 Å². The fourth-order valence-corrected chi connectivity index (χ4v) is 1.97. The minimum absolute atomic E-state index is 0.124. The normalized spacial score (nSPS) is 9.86.